The smallest absolute Gasteiger partial charge is 0.119 e. The van der Waals surface area contributed by atoms with Gasteiger partial charge in [0.25, 0.3) is 0 Å². The van der Waals surface area contributed by atoms with Crippen LogP contribution in [0, 0.1) is 11.3 Å². The second kappa shape index (κ2) is 5.08. The second-order valence-corrected chi connectivity index (χ2v) is 3.20. The zero-order chi connectivity index (χ0) is 10.4. The summed E-state index contributed by atoms with van der Waals surface area (Å²) in [5.74, 6) is 0.856. The second-order valence-electron chi connectivity index (χ2n) is 3.20. The molecule has 1 aromatic carbocycles. The van der Waals surface area contributed by atoms with E-state index < -0.39 is 0 Å². The van der Waals surface area contributed by atoms with Crippen LogP contribution in [0.25, 0.3) is 6.08 Å². The monoisotopic (exact) mass is 187 g/mol. The highest BCUT2D eigenvalue weighted by atomic mass is 16.5. The minimum Gasteiger partial charge on any atom is -0.491 e. The average Bonchev–Trinajstić information content (AvgIpc) is 2.16. The van der Waals surface area contributed by atoms with Crippen LogP contribution < -0.4 is 4.74 Å². The topological polar surface area (TPSA) is 33.0 Å². The van der Waals surface area contributed by atoms with E-state index >= 15 is 0 Å². The number of allylic oxidation sites excluding steroid dienone is 1. The van der Waals surface area contributed by atoms with Crippen LogP contribution in [0.15, 0.2) is 30.3 Å². The van der Waals surface area contributed by atoms with Crippen molar-refractivity contribution in [1.82, 2.24) is 0 Å². The molecule has 0 N–H and O–H groups in total. The molecule has 0 saturated heterocycles. The molecule has 2 nitrogen and oxygen atoms in total. The number of rotatable bonds is 3. The van der Waals surface area contributed by atoms with Crippen LogP contribution >= 0.6 is 0 Å². The Kier molecular flexibility index (Phi) is 3.75. The summed E-state index contributed by atoms with van der Waals surface area (Å²) >= 11 is 0. The van der Waals surface area contributed by atoms with Crippen LogP contribution in [0.3, 0.4) is 0 Å². The Hall–Kier alpha value is -1.75. The molecule has 0 aromatic heterocycles. The molecule has 0 radical (unpaired) electrons. The first-order valence-electron chi connectivity index (χ1n) is 4.55. The zero-order valence-corrected chi connectivity index (χ0v) is 8.40. The quantitative estimate of drug-likeness (QED) is 0.681. The van der Waals surface area contributed by atoms with Crippen molar-refractivity contribution in [3.05, 3.63) is 35.9 Å². The van der Waals surface area contributed by atoms with Gasteiger partial charge in [-0.05, 0) is 37.6 Å². The van der Waals surface area contributed by atoms with Gasteiger partial charge < -0.3 is 4.74 Å². The molecule has 0 atom stereocenters. The summed E-state index contributed by atoms with van der Waals surface area (Å²) in [6.07, 6.45) is 3.41. The fraction of sp³-hybridized carbons (Fsp3) is 0.250. The van der Waals surface area contributed by atoms with Gasteiger partial charge in [0.1, 0.15) is 5.75 Å². The van der Waals surface area contributed by atoms with E-state index in [-0.39, 0.29) is 6.10 Å². The predicted molar refractivity (Wildman–Crippen MR) is 56.9 cm³/mol. The fourth-order valence-corrected chi connectivity index (χ4v) is 1.06. The van der Waals surface area contributed by atoms with Gasteiger partial charge in [-0.25, -0.2) is 0 Å². The summed E-state index contributed by atoms with van der Waals surface area (Å²) in [5.41, 5.74) is 1.00. The van der Waals surface area contributed by atoms with Gasteiger partial charge in [-0.2, -0.15) is 5.26 Å². The maximum Gasteiger partial charge on any atom is 0.119 e. The highest BCUT2D eigenvalue weighted by molar-refractivity contribution is 5.52. The van der Waals surface area contributed by atoms with E-state index in [0.717, 1.165) is 11.3 Å². The molecule has 0 aliphatic carbocycles. The standard InChI is InChI=1S/C12H13NO/c1-10(2)14-12-7-5-11(6-8-12)4-3-9-13/h3-8,10H,1-2H3/b4-3+. The van der Waals surface area contributed by atoms with Crippen molar-refractivity contribution in [1.29, 1.82) is 5.26 Å². The summed E-state index contributed by atoms with van der Waals surface area (Å²) in [4.78, 5) is 0. The summed E-state index contributed by atoms with van der Waals surface area (Å²) in [6.45, 7) is 3.98. The van der Waals surface area contributed by atoms with E-state index in [9.17, 15) is 0 Å². The molecule has 72 valence electrons. The number of hydrogen-bond donors (Lipinski definition) is 0. The van der Waals surface area contributed by atoms with Gasteiger partial charge >= 0.3 is 0 Å². The van der Waals surface area contributed by atoms with Crippen LogP contribution in [0.1, 0.15) is 19.4 Å². The van der Waals surface area contributed by atoms with Gasteiger partial charge in [0.05, 0.1) is 12.2 Å². The molecule has 0 aliphatic rings. The third-order valence-corrected chi connectivity index (χ3v) is 1.60. The van der Waals surface area contributed by atoms with Crippen molar-refractivity contribution >= 4 is 6.08 Å². The average molecular weight is 187 g/mol. The van der Waals surface area contributed by atoms with Crippen molar-refractivity contribution in [2.45, 2.75) is 20.0 Å². The van der Waals surface area contributed by atoms with E-state index in [2.05, 4.69) is 0 Å². The van der Waals surface area contributed by atoms with Crippen LogP contribution in [0.5, 0.6) is 5.75 Å². The van der Waals surface area contributed by atoms with Crippen LogP contribution in [0.2, 0.25) is 0 Å². The lowest BCUT2D eigenvalue weighted by atomic mass is 10.2. The fourth-order valence-electron chi connectivity index (χ4n) is 1.06. The van der Waals surface area contributed by atoms with Gasteiger partial charge in [-0.3, -0.25) is 0 Å². The molecule has 0 aliphatic heterocycles. The molecule has 14 heavy (non-hydrogen) atoms. The van der Waals surface area contributed by atoms with Gasteiger partial charge in [0.15, 0.2) is 0 Å². The van der Waals surface area contributed by atoms with E-state index in [4.69, 9.17) is 10.00 Å². The van der Waals surface area contributed by atoms with Gasteiger partial charge in [-0.1, -0.05) is 12.1 Å². The molecule has 0 saturated carbocycles. The number of ether oxygens (including phenoxy) is 1. The maximum absolute atomic E-state index is 8.34. The van der Waals surface area contributed by atoms with E-state index in [1.54, 1.807) is 6.08 Å². The van der Waals surface area contributed by atoms with Crippen molar-refractivity contribution in [2.75, 3.05) is 0 Å². The summed E-state index contributed by atoms with van der Waals surface area (Å²) in [6, 6.07) is 9.60. The lowest BCUT2D eigenvalue weighted by molar-refractivity contribution is 0.242. The first kappa shape index (κ1) is 10.3. The minimum atomic E-state index is 0.190. The van der Waals surface area contributed by atoms with E-state index in [0.29, 0.717) is 0 Å². The molecule has 0 bridgehead atoms. The molecule has 0 heterocycles. The third-order valence-electron chi connectivity index (χ3n) is 1.60. The van der Waals surface area contributed by atoms with Crippen molar-refractivity contribution in [2.24, 2.45) is 0 Å². The normalized spacial score (nSPS) is 10.4. The van der Waals surface area contributed by atoms with Gasteiger partial charge in [0, 0.05) is 6.08 Å². The first-order valence-corrected chi connectivity index (χ1v) is 4.55. The number of nitrogens with zero attached hydrogens (tertiary/aromatic N) is 1. The number of benzene rings is 1. The summed E-state index contributed by atoms with van der Waals surface area (Å²) in [7, 11) is 0. The van der Waals surface area contributed by atoms with Crippen LogP contribution in [0.4, 0.5) is 0 Å². The summed E-state index contributed by atoms with van der Waals surface area (Å²) < 4.78 is 5.48. The molecular formula is C12H13NO. The Balaban J connectivity index is 2.69. The molecule has 0 spiro atoms. The Morgan fingerprint density at radius 1 is 1.29 bits per heavy atom. The maximum atomic E-state index is 8.34. The molecule has 2 heteroatoms. The molecule has 1 rings (SSSR count). The Labute approximate surface area is 84.4 Å². The van der Waals surface area contributed by atoms with Crippen molar-refractivity contribution in [3.8, 4) is 11.8 Å². The number of nitriles is 1. The van der Waals surface area contributed by atoms with Crippen molar-refractivity contribution < 1.29 is 4.74 Å². The highest BCUT2D eigenvalue weighted by Gasteiger charge is 1.95. The Bertz CT molecular complexity index is 344. The van der Waals surface area contributed by atoms with Gasteiger partial charge in [0.2, 0.25) is 0 Å². The largest absolute Gasteiger partial charge is 0.491 e. The molecule has 0 amide bonds. The van der Waals surface area contributed by atoms with Crippen molar-refractivity contribution in [3.63, 3.8) is 0 Å². The highest BCUT2D eigenvalue weighted by Crippen LogP contribution is 2.14. The lowest BCUT2D eigenvalue weighted by Gasteiger charge is -2.08. The van der Waals surface area contributed by atoms with E-state index in [1.807, 2.05) is 44.2 Å². The molecule has 0 fully saturated rings. The minimum absolute atomic E-state index is 0.190. The number of hydrogen-bond acceptors (Lipinski definition) is 2. The molecule has 1 aromatic rings. The predicted octanol–water partition coefficient (Wildman–Crippen LogP) is 3.01. The molecular weight excluding hydrogens is 174 g/mol. The summed E-state index contributed by atoms with van der Waals surface area (Å²) in [5, 5.41) is 8.34. The Morgan fingerprint density at radius 2 is 1.93 bits per heavy atom. The third kappa shape index (κ3) is 3.32. The molecule has 0 unspecified atom stereocenters. The Morgan fingerprint density at radius 3 is 2.43 bits per heavy atom. The van der Waals surface area contributed by atoms with Crippen LogP contribution in [-0.4, -0.2) is 6.10 Å². The van der Waals surface area contributed by atoms with Gasteiger partial charge in [-0.15, -0.1) is 0 Å². The van der Waals surface area contributed by atoms with Crippen LogP contribution in [-0.2, 0) is 0 Å². The van der Waals surface area contributed by atoms with E-state index in [1.165, 1.54) is 6.08 Å². The SMILES string of the molecule is CC(C)Oc1ccc(/C=C/C#N)cc1. The first-order chi connectivity index (χ1) is 6.72. The zero-order valence-electron chi connectivity index (χ0n) is 8.40. The lowest BCUT2D eigenvalue weighted by Crippen LogP contribution is -2.05.